The van der Waals surface area contributed by atoms with Crippen molar-refractivity contribution in [2.45, 2.75) is 6.61 Å². The van der Waals surface area contributed by atoms with Gasteiger partial charge in [0.25, 0.3) is 0 Å². The van der Waals surface area contributed by atoms with E-state index in [2.05, 4.69) is 5.32 Å². The van der Waals surface area contributed by atoms with E-state index in [1.54, 1.807) is 0 Å². The molecule has 0 saturated heterocycles. The van der Waals surface area contributed by atoms with Gasteiger partial charge in [-0.3, -0.25) is 5.32 Å². The van der Waals surface area contributed by atoms with Crippen molar-refractivity contribution >= 4 is 11.8 Å². The van der Waals surface area contributed by atoms with Crippen LogP contribution >= 0.6 is 0 Å². The highest BCUT2D eigenvalue weighted by Crippen LogP contribution is 2.27. The summed E-state index contributed by atoms with van der Waals surface area (Å²) < 4.78 is 4.99. The van der Waals surface area contributed by atoms with Crippen LogP contribution in [0.25, 0.3) is 0 Å². The van der Waals surface area contributed by atoms with Gasteiger partial charge in [-0.25, -0.2) is 4.79 Å². The van der Waals surface area contributed by atoms with Gasteiger partial charge in [0.15, 0.2) is 0 Å². The zero-order chi connectivity index (χ0) is 13.7. The van der Waals surface area contributed by atoms with Crippen LogP contribution in [0.2, 0.25) is 0 Å². The van der Waals surface area contributed by atoms with Crippen molar-refractivity contribution in [3.63, 3.8) is 0 Å². The van der Waals surface area contributed by atoms with Gasteiger partial charge in [0.2, 0.25) is 0 Å². The largest absolute Gasteiger partial charge is 0.508 e. The Hall–Kier alpha value is -2.69. The van der Waals surface area contributed by atoms with Crippen LogP contribution in [0, 0.1) is 0 Å². The van der Waals surface area contributed by atoms with Crippen molar-refractivity contribution in [2.24, 2.45) is 0 Å². The van der Waals surface area contributed by atoms with Crippen LogP contribution in [0.4, 0.5) is 10.5 Å². The molecule has 0 unspecified atom stereocenters. The molecule has 2 aromatic rings. The van der Waals surface area contributed by atoms with E-state index in [0.717, 1.165) is 11.6 Å². The van der Waals surface area contributed by atoms with E-state index < -0.39 is 6.09 Å². The van der Waals surface area contributed by atoms with Gasteiger partial charge in [0, 0.05) is 6.07 Å². The molecule has 0 heterocycles. The third kappa shape index (κ3) is 3.64. The minimum Gasteiger partial charge on any atom is -0.508 e. The molecule has 0 aliphatic rings. The van der Waals surface area contributed by atoms with Crippen LogP contribution < -0.4 is 5.32 Å². The second-order valence-corrected chi connectivity index (χ2v) is 3.89. The van der Waals surface area contributed by atoms with E-state index in [1.807, 2.05) is 30.3 Å². The summed E-state index contributed by atoms with van der Waals surface area (Å²) in [4.78, 5) is 11.5. The van der Waals surface area contributed by atoms with Crippen molar-refractivity contribution in [1.29, 1.82) is 0 Å². The number of phenols is 2. The summed E-state index contributed by atoms with van der Waals surface area (Å²) >= 11 is 0. The monoisotopic (exact) mass is 259 g/mol. The standard InChI is InChI=1S/C14H13NO4/c16-11-6-7-12(13(17)8-11)15-14(18)19-9-10-4-2-1-3-5-10/h1-8,16-17H,9H2,(H,15,18). The molecule has 0 bridgehead atoms. The maximum Gasteiger partial charge on any atom is 0.412 e. The molecule has 2 aromatic carbocycles. The molecule has 5 nitrogen and oxygen atoms in total. The Morgan fingerprint density at radius 1 is 1.11 bits per heavy atom. The zero-order valence-electron chi connectivity index (χ0n) is 10.0. The number of phenolic OH excluding ortho intramolecular Hbond substituents is 2. The van der Waals surface area contributed by atoms with Gasteiger partial charge >= 0.3 is 6.09 Å². The molecule has 5 heteroatoms. The quantitative estimate of drug-likeness (QED) is 0.585. The molecule has 0 atom stereocenters. The van der Waals surface area contributed by atoms with Crippen LogP contribution in [0.1, 0.15) is 5.56 Å². The molecule has 0 fully saturated rings. The van der Waals surface area contributed by atoms with Gasteiger partial charge in [0.05, 0.1) is 5.69 Å². The minimum atomic E-state index is -0.676. The lowest BCUT2D eigenvalue weighted by Gasteiger charge is -2.08. The maximum atomic E-state index is 11.5. The topological polar surface area (TPSA) is 78.8 Å². The lowest BCUT2D eigenvalue weighted by molar-refractivity contribution is 0.155. The predicted octanol–water partition coefficient (Wildman–Crippen LogP) is 2.85. The van der Waals surface area contributed by atoms with Gasteiger partial charge < -0.3 is 14.9 Å². The van der Waals surface area contributed by atoms with Crippen molar-refractivity contribution < 1.29 is 19.7 Å². The Kier molecular flexibility index (Phi) is 3.87. The van der Waals surface area contributed by atoms with Crippen LogP contribution in [0.5, 0.6) is 11.5 Å². The van der Waals surface area contributed by atoms with Gasteiger partial charge in [-0.05, 0) is 17.7 Å². The number of carbonyl (C=O) groups excluding carboxylic acids is 1. The number of nitrogens with one attached hydrogen (secondary N) is 1. The van der Waals surface area contributed by atoms with Gasteiger partial charge in [-0.2, -0.15) is 0 Å². The third-order valence-corrected chi connectivity index (χ3v) is 2.43. The van der Waals surface area contributed by atoms with E-state index in [1.165, 1.54) is 12.1 Å². The first kappa shape index (κ1) is 12.8. The number of benzene rings is 2. The molecule has 0 saturated carbocycles. The summed E-state index contributed by atoms with van der Waals surface area (Å²) in [6, 6.07) is 13.1. The molecule has 0 aliphatic carbocycles. The number of hydrogen-bond donors (Lipinski definition) is 3. The van der Waals surface area contributed by atoms with Crippen LogP contribution in [-0.2, 0) is 11.3 Å². The number of aromatic hydroxyl groups is 2. The average molecular weight is 259 g/mol. The average Bonchev–Trinajstić information content (AvgIpc) is 2.41. The van der Waals surface area contributed by atoms with Gasteiger partial charge in [-0.15, -0.1) is 0 Å². The first-order valence-corrected chi connectivity index (χ1v) is 5.65. The normalized spacial score (nSPS) is 9.89. The first-order chi connectivity index (χ1) is 9.15. The Morgan fingerprint density at radius 2 is 1.84 bits per heavy atom. The fraction of sp³-hybridized carbons (Fsp3) is 0.0714. The molecule has 0 aromatic heterocycles. The van der Waals surface area contributed by atoms with Crippen LogP contribution in [-0.4, -0.2) is 16.3 Å². The van der Waals surface area contributed by atoms with Crippen molar-refractivity contribution in [3.05, 3.63) is 54.1 Å². The molecule has 1 amide bonds. The lowest BCUT2D eigenvalue weighted by Crippen LogP contribution is -2.13. The van der Waals surface area contributed by atoms with Gasteiger partial charge in [0.1, 0.15) is 18.1 Å². The lowest BCUT2D eigenvalue weighted by atomic mass is 10.2. The number of hydrogen-bond acceptors (Lipinski definition) is 4. The Bertz CT molecular complexity index is 569. The number of carbonyl (C=O) groups is 1. The van der Waals surface area contributed by atoms with Crippen LogP contribution in [0.3, 0.4) is 0 Å². The summed E-state index contributed by atoms with van der Waals surface area (Å²) in [6.45, 7) is 0.144. The molecule has 2 rings (SSSR count). The summed E-state index contributed by atoms with van der Waals surface area (Å²) in [5, 5.41) is 21.0. The summed E-state index contributed by atoms with van der Waals surface area (Å²) in [6.07, 6.45) is -0.676. The van der Waals surface area contributed by atoms with E-state index in [9.17, 15) is 9.90 Å². The third-order valence-electron chi connectivity index (χ3n) is 2.43. The fourth-order valence-corrected chi connectivity index (χ4v) is 1.49. The SMILES string of the molecule is O=C(Nc1ccc(O)cc1O)OCc1ccccc1. The van der Waals surface area contributed by atoms with Crippen molar-refractivity contribution in [3.8, 4) is 11.5 Å². The molecular weight excluding hydrogens is 246 g/mol. The molecular formula is C14H13NO4. The second kappa shape index (κ2) is 5.77. The first-order valence-electron chi connectivity index (χ1n) is 5.65. The summed E-state index contributed by atoms with van der Waals surface area (Å²) in [5.41, 5.74) is 1.04. The highest BCUT2D eigenvalue weighted by molar-refractivity contribution is 5.86. The minimum absolute atomic E-state index is 0.0827. The number of rotatable bonds is 3. The zero-order valence-corrected chi connectivity index (χ0v) is 10.0. The Balaban J connectivity index is 1.91. The number of anilines is 1. The van der Waals surface area contributed by atoms with E-state index >= 15 is 0 Å². The van der Waals surface area contributed by atoms with Crippen LogP contribution in [0.15, 0.2) is 48.5 Å². The van der Waals surface area contributed by atoms with E-state index in [4.69, 9.17) is 9.84 Å². The maximum absolute atomic E-state index is 11.5. The predicted molar refractivity (Wildman–Crippen MR) is 70.0 cm³/mol. The number of amides is 1. The molecule has 0 radical (unpaired) electrons. The van der Waals surface area contributed by atoms with E-state index in [-0.39, 0.29) is 23.8 Å². The second-order valence-electron chi connectivity index (χ2n) is 3.89. The van der Waals surface area contributed by atoms with E-state index in [0.29, 0.717) is 0 Å². The van der Waals surface area contributed by atoms with Crippen molar-refractivity contribution in [2.75, 3.05) is 5.32 Å². The fourth-order valence-electron chi connectivity index (χ4n) is 1.49. The molecule has 19 heavy (non-hydrogen) atoms. The Morgan fingerprint density at radius 3 is 2.53 bits per heavy atom. The highest BCUT2D eigenvalue weighted by Gasteiger charge is 2.08. The molecule has 98 valence electrons. The Labute approximate surface area is 110 Å². The molecule has 0 aliphatic heterocycles. The molecule has 0 spiro atoms. The summed E-state index contributed by atoms with van der Waals surface area (Å²) in [7, 11) is 0. The summed E-state index contributed by atoms with van der Waals surface area (Å²) in [5.74, 6) is -0.308. The highest BCUT2D eigenvalue weighted by atomic mass is 16.5. The number of ether oxygens (including phenoxy) is 1. The molecule has 3 N–H and O–H groups in total. The van der Waals surface area contributed by atoms with Gasteiger partial charge in [-0.1, -0.05) is 30.3 Å². The van der Waals surface area contributed by atoms with Crippen molar-refractivity contribution in [1.82, 2.24) is 0 Å². The smallest absolute Gasteiger partial charge is 0.412 e.